The van der Waals surface area contributed by atoms with Gasteiger partial charge in [0.2, 0.25) is 17.8 Å². The molecule has 13 heteroatoms. The number of hydrogen-bond acceptors (Lipinski definition) is 11. The van der Waals surface area contributed by atoms with Crippen molar-refractivity contribution < 1.29 is 14.7 Å². The number of carbonyl (C=O) groups excluding carboxylic acids is 1. The lowest BCUT2D eigenvalue weighted by atomic mass is 10.2. The molecule has 1 fully saturated rings. The van der Waals surface area contributed by atoms with E-state index in [0.29, 0.717) is 62.4 Å². The summed E-state index contributed by atoms with van der Waals surface area (Å²) in [5.74, 6) is 1.26. The first-order valence-corrected chi connectivity index (χ1v) is 10.2. The van der Waals surface area contributed by atoms with Gasteiger partial charge in [0, 0.05) is 44.6 Å². The lowest BCUT2D eigenvalue weighted by Crippen LogP contribution is -2.37. The number of nitrogens with two attached hydrogens (primary N) is 1. The third-order valence-electron chi connectivity index (χ3n) is 4.90. The number of aryl methyl sites for hydroxylation is 1. The molecule has 32 heavy (non-hydrogen) atoms. The molecule has 0 spiro atoms. The summed E-state index contributed by atoms with van der Waals surface area (Å²) in [6.45, 7) is 3.20. The fourth-order valence-electron chi connectivity index (χ4n) is 3.20. The SMILES string of the molecule is Nc1ncc(-c2nc(-c3cnn(CCCCC(=O)NO)c3)nc(N3CCOCC3)n2)cn1. The van der Waals surface area contributed by atoms with Crippen LogP contribution in [0.15, 0.2) is 24.8 Å². The molecule has 4 N–H and O–H groups in total. The maximum absolute atomic E-state index is 11.1. The highest BCUT2D eigenvalue weighted by atomic mass is 16.5. The van der Waals surface area contributed by atoms with Crippen LogP contribution in [0.3, 0.4) is 0 Å². The number of aromatic nitrogens is 7. The number of nitrogens with one attached hydrogen (secondary N) is 1. The molecule has 0 radical (unpaired) electrons. The number of hydrogen-bond donors (Lipinski definition) is 3. The van der Waals surface area contributed by atoms with Crippen LogP contribution in [0, 0.1) is 0 Å². The number of rotatable bonds is 8. The van der Waals surface area contributed by atoms with Gasteiger partial charge in [-0.15, -0.1) is 0 Å². The van der Waals surface area contributed by atoms with Crippen molar-refractivity contribution in [1.29, 1.82) is 0 Å². The Morgan fingerprint density at radius 2 is 1.78 bits per heavy atom. The summed E-state index contributed by atoms with van der Waals surface area (Å²) in [6.07, 6.45) is 8.34. The molecule has 0 atom stereocenters. The normalized spacial score (nSPS) is 13.8. The number of anilines is 2. The van der Waals surface area contributed by atoms with E-state index >= 15 is 0 Å². The zero-order chi connectivity index (χ0) is 22.3. The molecule has 0 aromatic carbocycles. The van der Waals surface area contributed by atoms with Gasteiger partial charge in [-0.25, -0.2) is 20.4 Å². The summed E-state index contributed by atoms with van der Waals surface area (Å²) in [4.78, 5) is 35.1. The smallest absolute Gasteiger partial charge is 0.243 e. The molecule has 0 saturated carbocycles. The second-order valence-electron chi connectivity index (χ2n) is 7.20. The number of nitrogens with zero attached hydrogens (tertiary/aromatic N) is 8. The van der Waals surface area contributed by atoms with Gasteiger partial charge >= 0.3 is 0 Å². The van der Waals surface area contributed by atoms with E-state index in [-0.39, 0.29) is 12.4 Å². The van der Waals surface area contributed by atoms with Gasteiger partial charge in [0.1, 0.15) is 0 Å². The highest BCUT2D eigenvalue weighted by Crippen LogP contribution is 2.23. The van der Waals surface area contributed by atoms with E-state index < -0.39 is 5.91 Å². The van der Waals surface area contributed by atoms with Crippen LogP contribution in [-0.4, -0.2) is 72.1 Å². The average molecular weight is 440 g/mol. The van der Waals surface area contributed by atoms with Crippen LogP contribution in [0.2, 0.25) is 0 Å². The Hall–Kier alpha value is -3.71. The summed E-state index contributed by atoms with van der Waals surface area (Å²) in [6, 6.07) is 0. The molecule has 168 valence electrons. The molecule has 1 saturated heterocycles. The Morgan fingerprint density at radius 3 is 2.50 bits per heavy atom. The molecular weight excluding hydrogens is 416 g/mol. The van der Waals surface area contributed by atoms with E-state index in [1.54, 1.807) is 28.8 Å². The van der Waals surface area contributed by atoms with Crippen molar-refractivity contribution in [3.8, 4) is 22.8 Å². The minimum atomic E-state index is -0.397. The zero-order valence-electron chi connectivity index (χ0n) is 17.4. The van der Waals surface area contributed by atoms with Crippen molar-refractivity contribution in [3.63, 3.8) is 0 Å². The van der Waals surface area contributed by atoms with Crippen molar-refractivity contribution in [2.45, 2.75) is 25.8 Å². The molecule has 0 aliphatic carbocycles. The second kappa shape index (κ2) is 10.1. The molecule has 0 bridgehead atoms. The third-order valence-corrected chi connectivity index (χ3v) is 4.90. The molecule has 4 rings (SSSR count). The van der Waals surface area contributed by atoms with E-state index in [1.165, 1.54) is 0 Å². The number of unbranched alkanes of at least 4 members (excludes halogenated alkanes) is 1. The first-order chi connectivity index (χ1) is 15.6. The molecule has 0 unspecified atom stereocenters. The van der Waals surface area contributed by atoms with Gasteiger partial charge < -0.3 is 15.4 Å². The number of ether oxygens (including phenoxy) is 1. The van der Waals surface area contributed by atoms with E-state index in [4.69, 9.17) is 15.7 Å². The topological polar surface area (TPSA) is 170 Å². The predicted molar refractivity (Wildman–Crippen MR) is 113 cm³/mol. The van der Waals surface area contributed by atoms with Gasteiger partial charge in [0.05, 0.1) is 30.5 Å². The maximum Gasteiger partial charge on any atom is 0.243 e. The largest absolute Gasteiger partial charge is 0.378 e. The van der Waals surface area contributed by atoms with Crippen LogP contribution < -0.4 is 16.1 Å². The molecule has 4 heterocycles. The predicted octanol–water partition coefficient (Wildman–Crippen LogP) is 0.287. The first-order valence-electron chi connectivity index (χ1n) is 10.2. The Kier molecular flexibility index (Phi) is 6.77. The van der Waals surface area contributed by atoms with Gasteiger partial charge in [-0.3, -0.25) is 14.7 Å². The molecule has 1 aliphatic rings. The quantitative estimate of drug-likeness (QED) is 0.250. The number of amides is 1. The van der Waals surface area contributed by atoms with Crippen LogP contribution in [0.4, 0.5) is 11.9 Å². The van der Waals surface area contributed by atoms with Crippen molar-refractivity contribution in [2.75, 3.05) is 36.9 Å². The second-order valence-corrected chi connectivity index (χ2v) is 7.20. The molecule has 13 nitrogen and oxygen atoms in total. The van der Waals surface area contributed by atoms with E-state index in [0.717, 1.165) is 12.0 Å². The van der Waals surface area contributed by atoms with Crippen LogP contribution in [0.25, 0.3) is 22.8 Å². The van der Waals surface area contributed by atoms with Gasteiger partial charge in [0.25, 0.3) is 0 Å². The third kappa shape index (κ3) is 5.31. The molecule has 1 amide bonds. The summed E-state index contributed by atoms with van der Waals surface area (Å²) in [5, 5.41) is 12.9. The van der Waals surface area contributed by atoms with Gasteiger partial charge in [-0.2, -0.15) is 15.1 Å². The zero-order valence-corrected chi connectivity index (χ0v) is 17.4. The summed E-state index contributed by atoms with van der Waals surface area (Å²) < 4.78 is 7.21. The molecular formula is C19H24N10O3. The fraction of sp³-hybridized carbons (Fsp3) is 0.421. The minimum Gasteiger partial charge on any atom is -0.378 e. The number of carbonyl (C=O) groups is 1. The Balaban J connectivity index is 1.57. The van der Waals surface area contributed by atoms with Crippen molar-refractivity contribution >= 4 is 17.8 Å². The monoisotopic (exact) mass is 440 g/mol. The summed E-state index contributed by atoms with van der Waals surface area (Å²) >= 11 is 0. The Labute approximate surface area is 183 Å². The highest BCUT2D eigenvalue weighted by Gasteiger charge is 2.19. The van der Waals surface area contributed by atoms with Crippen molar-refractivity contribution in [2.24, 2.45) is 0 Å². The van der Waals surface area contributed by atoms with Crippen LogP contribution in [-0.2, 0) is 16.1 Å². The van der Waals surface area contributed by atoms with Crippen molar-refractivity contribution in [1.82, 2.24) is 40.2 Å². The number of hydroxylamine groups is 1. The average Bonchev–Trinajstić information content (AvgIpc) is 3.31. The van der Waals surface area contributed by atoms with Gasteiger partial charge in [-0.1, -0.05) is 0 Å². The first kappa shape index (κ1) is 21.5. The molecule has 3 aromatic heterocycles. The fourth-order valence-corrected chi connectivity index (χ4v) is 3.20. The Bertz CT molecular complexity index is 1050. The van der Waals surface area contributed by atoms with Crippen LogP contribution >= 0.6 is 0 Å². The van der Waals surface area contributed by atoms with Crippen LogP contribution in [0.5, 0.6) is 0 Å². The molecule has 1 aliphatic heterocycles. The van der Waals surface area contributed by atoms with Gasteiger partial charge in [-0.05, 0) is 12.8 Å². The maximum atomic E-state index is 11.1. The number of nitrogen functional groups attached to an aromatic ring is 1. The standard InChI is InChI=1S/C19H24N10O3/c20-18-21-9-13(10-22-18)16-24-17(26-19(25-16)28-5-7-32-8-6-28)14-11-23-29(12-14)4-2-1-3-15(30)27-31/h9-12,31H,1-8H2,(H,27,30)(H2,20,21,22). The summed E-state index contributed by atoms with van der Waals surface area (Å²) in [7, 11) is 0. The molecule has 3 aromatic rings. The highest BCUT2D eigenvalue weighted by molar-refractivity contribution is 5.74. The van der Waals surface area contributed by atoms with E-state index in [9.17, 15) is 4.79 Å². The van der Waals surface area contributed by atoms with Gasteiger partial charge in [0.15, 0.2) is 11.6 Å². The van der Waals surface area contributed by atoms with E-state index in [1.807, 2.05) is 11.1 Å². The minimum absolute atomic E-state index is 0.175. The van der Waals surface area contributed by atoms with E-state index in [2.05, 4.69) is 30.0 Å². The lowest BCUT2D eigenvalue weighted by Gasteiger charge is -2.27. The Morgan fingerprint density at radius 1 is 1.06 bits per heavy atom. The summed E-state index contributed by atoms with van der Waals surface area (Å²) in [5.41, 5.74) is 8.61. The lowest BCUT2D eigenvalue weighted by molar-refractivity contribution is -0.129. The van der Waals surface area contributed by atoms with Crippen LogP contribution in [0.1, 0.15) is 19.3 Å². The van der Waals surface area contributed by atoms with Crippen molar-refractivity contribution in [3.05, 3.63) is 24.8 Å². The number of morpholine rings is 1.